The molecule has 1 rings (SSSR count). The predicted molar refractivity (Wildman–Crippen MR) is 52.8 cm³/mol. The highest BCUT2D eigenvalue weighted by atomic mass is 35.5. The lowest BCUT2D eigenvalue weighted by molar-refractivity contribution is 0.0421. The fraction of sp³-hybridized carbons (Fsp3) is 1.00. The van der Waals surface area contributed by atoms with Gasteiger partial charge in [0.25, 0.3) is 0 Å². The fourth-order valence-electron chi connectivity index (χ4n) is 1.55. The smallest absolute Gasteiger partial charge is 0.0595 e. The zero-order valence-corrected chi connectivity index (χ0v) is 8.48. The van der Waals surface area contributed by atoms with Crippen LogP contribution in [0.2, 0.25) is 0 Å². The molecular weight excluding hydrogens is 176 g/mol. The Bertz CT molecular complexity index is 105. The lowest BCUT2D eigenvalue weighted by Gasteiger charge is -2.30. The van der Waals surface area contributed by atoms with E-state index in [4.69, 9.17) is 10.5 Å². The quantitative estimate of drug-likeness (QED) is 0.711. The Morgan fingerprint density at radius 3 is 2.42 bits per heavy atom. The third-order valence-corrected chi connectivity index (χ3v) is 2.31. The molecule has 0 spiro atoms. The SMILES string of the molecule is COC1CCN(CCN)CC1.Cl. The molecule has 1 fully saturated rings. The minimum atomic E-state index is 0. The van der Waals surface area contributed by atoms with Crippen LogP contribution in [0, 0.1) is 0 Å². The normalized spacial score (nSPS) is 20.5. The van der Waals surface area contributed by atoms with Gasteiger partial charge in [-0.15, -0.1) is 12.4 Å². The van der Waals surface area contributed by atoms with Crippen molar-refractivity contribution in [2.24, 2.45) is 5.73 Å². The predicted octanol–water partition coefficient (Wildman–Crippen LogP) is 0.478. The summed E-state index contributed by atoms with van der Waals surface area (Å²) >= 11 is 0. The number of nitrogens with two attached hydrogens (primary N) is 1. The van der Waals surface area contributed by atoms with E-state index in [0.717, 1.165) is 39.0 Å². The van der Waals surface area contributed by atoms with Gasteiger partial charge in [0.05, 0.1) is 6.10 Å². The van der Waals surface area contributed by atoms with E-state index in [1.807, 2.05) is 0 Å². The number of ether oxygens (including phenoxy) is 1. The lowest BCUT2D eigenvalue weighted by Crippen LogP contribution is -2.39. The van der Waals surface area contributed by atoms with Crippen molar-refractivity contribution >= 4 is 12.4 Å². The lowest BCUT2D eigenvalue weighted by atomic mass is 10.1. The maximum absolute atomic E-state index is 5.45. The minimum Gasteiger partial charge on any atom is -0.381 e. The van der Waals surface area contributed by atoms with E-state index >= 15 is 0 Å². The maximum Gasteiger partial charge on any atom is 0.0595 e. The number of hydrogen-bond donors (Lipinski definition) is 1. The third kappa shape index (κ3) is 3.72. The standard InChI is InChI=1S/C8H18N2O.ClH/c1-11-8-2-5-10(6-3-8)7-4-9;/h8H,2-7,9H2,1H3;1H. The van der Waals surface area contributed by atoms with Gasteiger partial charge in [-0.1, -0.05) is 0 Å². The molecule has 0 aromatic heterocycles. The van der Waals surface area contributed by atoms with Gasteiger partial charge in [-0.05, 0) is 12.8 Å². The third-order valence-electron chi connectivity index (χ3n) is 2.31. The summed E-state index contributed by atoms with van der Waals surface area (Å²) in [5.41, 5.74) is 5.45. The molecule has 0 atom stereocenters. The van der Waals surface area contributed by atoms with E-state index in [1.54, 1.807) is 7.11 Å². The summed E-state index contributed by atoms with van der Waals surface area (Å²) in [7, 11) is 1.79. The van der Waals surface area contributed by atoms with Crippen molar-refractivity contribution in [1.29, 1.82) is 0 Å². The van der Waals surface area contributed by atoms with E-state index in [0.29, 0.717) is 6.10 Å². The van der Waals surface area contributed by atoms with Crippen LogP contribution in [0.15, 0.2) is 0 Å². The average molecular weight is 195 g/mol. The molecule has 1 heterocycles. The van der Waals surface area contributed by atoms with Crippen LogP contribution in [0.4, 0.5) is 0 Å². The number of likely N-dealkylation sites (tertiary alicyclic amines) is 1. The number of nitrogens with zero attached hydrogens (tertiary/aromatic N) is 1. The second kappa shape index (κ2) is 6.66. The first-order valence-electron chi connectivity index (χ1n) is 4.32. The monoisotopic (exact) mass is 194 g/mol. The van der Waals surface area contributed by atoms with Gasteiger partial charge in [0, 0.05) is 33.3 Å². The molecule has 0 unspecified atom stereocenters. The van der Waals surface area contributed by atoms with Gasteiger partial charge in [-0.3, -0.25) is 0 Å². The highest BCUT2D eigenvalue weighted by Crippen LogP contribution is 2.11. The molecule has 74 valence electrons. The van der Waals surface area contributed by atoms with Crippen LogP contribution < -0.4 is 5.73 Å². The van der Waals surface area contributed by atoms with Crippen LogP contribution in [0.3, 0.4) is 0 Å². The largest absolute Gasteiger partial charge is 0.381 e. The van der Waals surface area contributed by atoms with E-state index in [1.165, 1.54) is 0 Å². The topological polar surface area (TPSA) is 38.5 Å². The minimum absolute atomic E-state index is 0. The Labute approximate surface area is 80.7 Å². The Morgan fingerprint density at radius 2 is 2.00 bits per heavy atom. The van der Waals surface area contributed by atoms with Crippen LogP contribution in [-0.4, -0.2) is 44.3 Å². The van der Waals surface area contributed by atoms with Crippen molar-refractivity contribution in [3.8, 4) is 0 Å². The molecule has 0 aromatic rings. The van der Waals surface area contributed by atoms with Crippen molar-refractivity contribution in [3.05, 3.63) is 0 Å². The van der Waals surface area contributed by atoms with Crippen LogP contribution in [0.5, 0.6) is 0 Å². The summed E-state index contributed by atoms with van der Waals surface area (Å²) in [6.07, 6.45) is 2.82. The number of rotatable bonds is 3. The van der Waals surface area contributed by atoms with Crippen molar-refractivity contribution in [3.63, 3.8) is 0 Å². The van der Waals surface area contributed by atoms with Crippen molar-refractivity contribution in [2.75, 3.05) is 33.3 Å². The average Bonchev–Trinajstić information content (AvgIpc) is 2.07. The summed E-state index contributed by atoms with van der Waals surface area (Å²) in [6.45, 7) is 4.11. The summed E-state index contributed by atoms with van der Waals surface area (Å²) in [4.78, 5) is 2.40. The van der Waals surface area contributed by atoms with Gasteiger partial charge in [-0.2, -0.15) is 0 Å². The van der Waals surface area contributed by atoms with Gasteiger partial charge < -0.3 is 15.4 Å². The Balaban J connectivity index is 0.00000121. The molecule has 4 heteroatoms. The Hall–Kier alpha value is 0.170. The molecule has 0 amide bonds. The number of halogens is 1. The molecule has 0 bridgehead atoms. The highest BCUT2D eigenvalue weighted by molar-refractivity contribution is 5.85. The first kappa shape index (κ1) is 12.2. The van der Waals surface area contributed by atoms with E-state index < -0.39 is 0 Å². The zero-order valence-electron chi connectivity index (χ0n) is 7.66. The molecule has 2 N–H and O–H groups in total. The molecule has 1 aliphatic heterocycles. The van der Waals surface area contributed by atoms with Crippen molar-refractivity contribution in [1.82, 2.24) is 4.90 Å². The first-order valence-corrected chi connectivity index (χ1v) is 4.32. The number of hydrogen-bond acceptors (Lipinski definition) is 3. The molecule has 0 aromatic carbocycles. The molecule has 3 nitrogen and oxygen atoms in total. The summed E-state index contributed by atoms with van der Waals surface area (Å²) < 4.78 is 5.26. The van der Waals surface area contributed by atoms with Gasteiger partial charge >= 0.3 is 0 Å². The second-order valence-electron chi connectivity index (χ2n) is 3.07. The highest BCUT2D eigenvalue weighted by Gasteiger charge is 2.17. The van der Waals surface area contributed by atoms with Crippen molar-refractivity contribution in [2.45, 2.75) is 18.9 Å². The van der Waals surface area contributed by atoms with Crippen molar-refractivity contribution < 1.29 is 4.74 Å². The number of methoxy groups -OCH3 is 1. The number of piperidine rings is 1. The van der Waals surface area contributed by atoms with Crippen LogP contribution in [0.1, 0.15) is 12.8 Å². The zero-order chi connectivity index (χ0) is 8.10. The van der Waals surface area contributed by atoms with Crippen LogP contribution in [-0.2, 0) is 4.74 Å². The van der Waals surface area contributed by atoms with E-state index in [2.05, 4.69) is 4.90 Å². The fourth-order valence-corrected chi connectivity index (χ4v) is 1.55. The Morgan fingerprint density at radius 1 is 1.42 bits per heavy atom. The second-order valence-corrected chi connectivity index (χ2v) is 3.07. The molecule has 1 aliphatic rings. The molecular formula is C8H19ClN2O. The summed E-state index contributed by atoms with van der Waals surface area (Å²) in [6, 6.07) is 0. The molecule has 0 saturated carbocycles. The van der Waals surface area contributed by atoms with Gasteiger partial charge in [0.2, 0.25) is 0 Å². The Kier molecular flexibility index (Phi) is 6.76. The van der Waals surface area contributed by atoms with Crippen LogP contribution >= 0.6 is 12.4 Å². The summed E-state index contributed by atoms with van der Waals surface area (Å²) in [5.74, 6) is 0. The molecule has 0 aliphatic carbocycles. The van der Waals surface area contributed by atoms with E-state index in [-0.39, 0.29) is 12.4 Å². The van der Waals surface area contributed by atoms with Gasteiger partial charge in [-0.25, -0.2) is 0 Å². The van der Waals surface area contributed by atoms with Gasteiger partial charge in [0.1, 0.15) is 0 Å². The molecule has 1 saturated heterocycles. The molecule has 0 radical (unpaired) electrons. The molecule has 12 heavy (non-hydrogen) atoms. The summed E-state index contributed by atoms with van der Waals surface area (Å²) in [5, 5.41) is 0. The van der Waals surface area contributed by atoms with Gasteiger partial charge in [0.15, 0.2) is 0 Å². The maximum atomic E-state index is 5.45. The van der Waals surface area contributed by atoms with Crippen LogP contribution in [0.25, 0.3) is 0 Å². The van der Waals surface area contributed by atoms with E-state index in [9.17, 15) is 0 Å². The first-order chi connectivity index (χ1) is 5.36.